The minimum atomic E-state index is -0.0465. The number of quaternary nitrogens is 1. The summed E-state index contributed by atoms with van der Waals surface area (Å²) in [6.07, 6.45) is 4.31. The Morgan fingerprint density at radius 1 is 1.23 bits per heavy atom. The van der Waals surface area contributed by atoms with E-state index in [0.717, 1.165) is 25.1 Å². The van der Waals surface area contributed by atoms with Gasteiger partial charge in [0.15, 0.2) is 6.54 Å². The van der Waals surface area contributed by atoms with E-state index in [2.05, 4.69) is 35.3 Å². The van der Waals surface area contributed by atoms with Crippen molar-refractivity contribution in [1.29, 1.82) is 0 Å². The number of nitrogens with one attached hydrogen (secondary N) is 2. The van der Waals surface area contributed by atoms with Crippen LogP contribution in [0.25, 0.3) is 0 Å². The predicted molar refractivity (Wildman–Crippen MR) is 101 cm³/mol. The van der Waals surface area contributed by atoms with Gasteiger partial charge in [0.25, 0.3) is 11.8 Å². The second-order valence-corrected chi connectivity index (χ2v) is 7.15. The lowest BCUT2D eigenvalue weighted by molar-refractivity contribution is -0.910. The largest absolute Gasteiger partial charge is 0.350 e. The number of amides is 2. The highest BCUT2D eigenvalue weighted by Gasteiger charge is 2.32. The maximum absolute atomic E-state index is 12.5. The molecule has 2 aromatic rings. The van der Waals surface area contributed by atoms with Crippen LogP contribution in [0, 0.1) is 0 Å². The van der Waals surface area contributed by atoms with E-state index >= 15 is 0 Å². The lowest BCUT2D eigenvalue weighted by Crippen LogP contribution is -3.11. The van der Waals surface area contributed by atoms with E-state index in [-0.39, 0.29) is 11.8 Å². The molecule has 1 saturated heterocycles. The number of nitrogens with zero attached hydrogens (tertiary/aromatic N) is 2. The van der Waals surface area contributed by atoms with Crippen LogP contribution in [0.3, 0.4) is 0 Å². The van der Waals surface area contributed by atoms with Gasteiger partial charge in [0.2, 0.25) is 0 Å². The average molecular weight is 355 g/mol. The van der Waals surface area contributed by atoms with Gasteiger partial charge in [-0.3, -0.25) is 9.59 Å². The minimum Gasteiger partial charge on any atom is -0.350 e. The van der Waals surface area contributed by atoms with Gasteiger partial charge in [-0.1, -0.05) is 0 Å². The first-order valence-electron chi connectivity index (χ1n) is 9.03. The fourth-order valence-corrected chi connectivity index (χ4v) is 3.68. The van der Waals surface area contributed by atoms with Crippen molar-refractivity contribution in [2.75, 3.05) is 32.5 Å². The van der Waals surface area contributed by atoms with Crippen molar-refractivity contribution >= 4 is 17.5 Å². The summed E-state index contributed by atoms with van der Waals surface area (Å²) in [5.74, 6) is -0.0393. The predicted octanol–water partition coefficient (Wildman–Crippen LogP) is 1.09. The van der Waals surface area contributed by atoms with Gasteiger partial charge < -0.3 is 19.7 Å². The van der Waals surface area contributed by atoms with E-state index in [1.807, 2.05) is 0 Å². The molecule has 1 aromatic heterocycles. The molecule has 6 nitrogen and oxygen atoms in total. The number of carbonyl (C=O) groups excluding carboxylic acids is 2. The molecular formula is C20H27N4O2+. The minimum absolute atomic E-state index is 0.00722. The normalized spacial score (nSPS) is 19.3. The van der Waals surface area contributed by atoms with Crippen LogP contribution in [0.2, 0.25) is 0 Å². The summed E-state index contributed by atoms with van der Waals surface area (Å²) >= 11 is 0. The number of anilines is 1. The molecule has 1 aliphatic rings. The van der Waals surface area contributed by atoms with E-state index in [9.17, 15) is 9.59 Å². The Morgan fingerprint density at radius 2 is 1.96 bits per heavy atom. The molecular weight excluding hydrogens is 328 g/mol. The SMILES string of the molecule is CN(C)C(=O)c1ccc(NC(=O)C[NH+]2CCC[C@@H]2c2cccn2C)cc1. The Kier molecular flexibility index (Phi) is 5.42. The van der Waals surface area contributed by atoms with Gasteiger partial charge in [-0.2, -0.15) is 0 Å². The summed E-state index contributed by atoms with van der Waals surface area (Å²) in [4.78, 5) is 27.2. The zero-order valence-electron chi connectivity index (χ0n) is 15.7. The molecule has 0 saturated carbocycles. The van der Waals surface area contributed by atoms with Crippen LogP contribution in [0.15, 0.2) is 42.6 Å². The number of aryl methyl sites for hydroxylation is 1. The lowest BCUT2D eigenvalue weighted by atomic mass is 10.1. The lowest BCUT2D eigenvalue weighted by Gasteiger charge is -2.21. The highest BCUT2D eigenvalue weighted by molar-refractivity contribution is 5.95. The third-order valence-corrected chi connectivity index (χ3v) is 5.03. The molecule has 2 amide bonds. The van der Waals surface area contributed by atoms with Crippen LogP contribution in [0.4, 0.5) is 5.69 Å². The van der Waals surface area contributed by atoms with Crippen LogP contribution in [-0.2, 0) is 11.8 Å². The van der Waals surface area contributed by atoms with Crippen LogP contribution >= 0.6 is 0 Å². The number of hydrogen-bond donors (Lipinski definition) is 2. The van der Waals surface area contributed by atoms with Gasteiger partial charge in [0.05, 0.1) is 12.2 Å². The quantitative estimate of drug-likeness (QED) is 0.843. The van der Waals surface area contributed by atoms with E-state index in [1.54, 1.807) is 38.4 Å². The van der Waals surface area contributed by atoms with E-state index < -0.39 is 0 Å². The molecule has 6 heteroatoms. The number of benzene rings is 1. The number of rotatable bonds is 5. The fourth-order valence-electron chi connectivity index (χ4n) is 3.68. The number of likely N-dealkylation sites (tertiary alicyclic amines) is 1. The van der Waals surface area contributed by atoms with E-state index in [0.29, 0.717) is 18.2 Å². The molecule has 1 unspecified atom stereocenters. The molecule has 1 fully saturated rings. The molecule has 2 N–H and O–H groups in total. The molecule has 0 radical (unpaired) electrons. The van der Waals surface area contributed by atoms with Crippen molar-refractivity contribution < 1.29 is 14.5 Å². The number of aromatic nitrogens is 1. The first kappa shape index (κ1) is 18.2. The number of carbonyl (C=O) groups is 2. The van der Waals surface area contributed by atoms with Crippen molar-refractivity contribution in [3.8, 4) is 0 Å². The third-order valence-electron chi connectivity index (χ3n) is 5.03. The highest BCUT2D eigenvalue weighted by atomic mass is 16.2. The zero-order valence-corrected chi connectivity index (χ0v) is 15.7. The second kappa shape index (κ2) is 7.74. The van der Waals surface area contributed by atoms with Gasteiger partial charge in [-0.15, -0.1) is 0 Å². The molecule has 0 bridgehead atoms. The van der Waals surface area contributed by atoms with Gasteiger partial charge in [0, 0.05) is 51.4 Å². The molecule has 1 aromatic carbocycles. The number of hydrogen-bond acceptors (Lipinski definition) is 2. The van der Waals surface area contributed by atoms with E-state index in [4.69, 9.17) is 0 Å². The Bertz CT molecular complexity index is 779. The average Bonchev–Trinajstić information content (AvgIpc) is 3.23. The standard InChI is InChI=1S/C20H26N4O2/c1-22(2)20(26)15-8-10-16(11-9-15)21-19(25)14-24-13-5-7-18(24)17-6-4-12-23(17)3/h4,6,8-12,18H,5,7,13-14H2,1-3H3,(H,21,25)/p+1/t18-/m1/s1. The summed E-state index contributed by atoms with van der Waals surface area (Å²) in [6, 6.07) is 11.6. The molecule has 2 heterocycles. The molecule has 2 atom stereocenters. The van der Waals surface area contributed by atoms with Gasteiger partial charge in [0.1, 0.15) is 6.04 Å². The molecule has 3 rings (SSSR count). The first-order chi connectivity index (χ1) is 12.5. The zero-order chi connectivity index (χ0) is 18.7. The van der Waals surface area contributed by atoms with Gasteiger partial charge in [-0.05, 0) is 36.4 Å². The Hall–Kier alpha value is -2.60. The summed E-state index contributed by atoms with van der Waals surface area (Å²) < 4.78 is 2.15. The van der Waals surface area contributed by atoms with Crippen molar-refractivity contribution in [2.24, 2.45) is 7.05 Å². The van der Waals surface area contributed by atoms with Crippen LogP contribution in [-0.4, -0.2) is 48.5 Å². The van der Waals surface area contributed by atoms with Gasteiger partial charge >= 0.3 is 0 Å². The first-order valence-corrected chi connectivity index (χ1v) is 9.03. The second-order valence-electron chi connectivity index (χ2n) is 7.15. The Morgan fingerprint density at radius 3 is 2.58 bits per heavy atom. The maximum atomic E-state index is 12.5. The molecule has 0 spiro atoms. The highest BCUT2D eigenvalue weighted by Crippen LogP contribution is 2.19. The Labute approximate surface area is 154 Å². The van der Waals surface area contributed by atoms with Crippen LogP contribution in [0.5, 0.6) is 0 Å². The van der Waals surface area contributed by atoms with Gasteiger partial charge in [-0.25, -0.2) is 0 Å². The fraction of sp³-hybridized carbons (Fsp3) is 0.400. The maximum Gasteiger partial charge on any atom is 0.279 e. The summed E-state index contributed by atoms with van der Waals surface area (Å²) in [6.45, 7) is 1.47. The molecule has 26 heavy (non-hydrogen) atoms. The van der Waals surface area contributed by atoms with Crippen molar-refractivity contribution in [1.82, 2.24) is 9.47 Å². The summed E-state index contributed by atoms with van der Waals surface area (Å²) in [5.41, 5.74) is 2.62. The van der Waals surface area contributed by atoms with Crippen LogP contribution in [0.1, 0.15) is 34.9 Å². The summed E-state index contributed by atoms with van der Waals surface area (Å²) in [5, 5.41) is 2.95. The Balaban J connectivity index is 1.60. The smallest absolute Gasteiger partial charge is 0.279 e. The van der Waals surface area contributed by atoms with E-state index in [1.165, 1.54) is 15.5 Å². The monoisotopic (exact) mass is 355 g/mol. The van der Waals surface area contributed by atoms with Crippen LogP contribution < -0.4 is 10.2 Å². The topological polar surface area (TPSA) is 58.8 Å². The van der Waals surface area contributed by atoms with Crippen molar-refractivity contribution in [2.45, 2.75) is 18.9 Å². The summed E-state index contributed by atoms with van der Waals surface area (Å²) in [7, 11) is 5.50. The molecule has 0 aliphatic carbocycles. The van der Waals surface area contributed by atoms with Crippen molar-refractivity contribution in [3.63, 3.8) is 0 Å². The molecule has 138 valence electrons. The third kappa shape index (κ3) is 3.96. The van der Waals surface area contributed by atoms with Crippen molar-refractivity contribution in [3.05, 3.63) is 53.9 Å². The molecule has 1 aliphatic heterocycles.